The molecule has 1 aliphatic heterocycles. The van der Waals surface area contributed by atoms with Gasteiger partial charge in [0, 0.05) is 6.54 Å². The van der Waals surface area contributed by atoms with E-state index in [1.165, 1.54) is 20.0 Å². The van der Waals surface area contributed by atoms with Crippen LogP contribution in [0.3, 0.4) is 0 Å². The first-order valence-electron chi connectivity index (χ1n) is 5.14. The molecule has 82 valence electrons. The molecule has 2 atom stereocenters. The molecule has 0 aromatic rings. The number of rotatable bonds is 4. The maximum Gasteiger partial charge on any atom is 0.334 e. The maximum atomic E-state index is 11.0. The molecule has 2 unspecified atom stereocenters. The van der Waals surface area contributed by atoms with E-state index in [-0.39, 0.29) is 5.97 Å². The monoisotopic (exact) mass is 201 g/mol. The predicted molar refractivity (Wildman–Crippen MR) is 53.0 cm³/mol. The Morgan fingerprint density at radius 1 is 1.64 bits per heavy atom. The number of carbonyl (C=O) groups excluding carboxylic acids is 1. The second-order valence-electron chi connectivity index (χ2n) is 3.71. The van der Waals surface area contributed by atoms with Gasteiger partial charge in [0.2, 0.25) is 0 Å². The summed E-state index contributed by atoms with van der Waals surface area (Å²) in [6.07, 6.45) is 1.93. The minimum absolute atomic E-state index is 0.297. The number of nitrogens with one attached hydrogen (secondary N) is 1. The molecule has 0 aliphatic carbocycles. The van der Waals surface area contributed by atoms with Crippen molar-refractivity contribution in [3.05, 3.63) is 0 Å². The van der Waals surface area contributed by atoms with Crippen molar-refractivity contribution in [2.45, 2.75) is 25.9 Å². The van der Waals surface area contributed by atoms with Gasteiger partial charge in [-0.25, -0.2) is 4.79 Å². The first-order valence-corrected chi connectivity index (χ1v) is 5.14. The molecule has 0 radical (unpaired) electrons. The molecule has 1 fully saturated rings. The molecule has 1 heterocycles. The Kier molecular flexibility index (Phi) is 4.90. The van der Waals surface area contributed by atoms with Crippen LogP contribution in [0.4, 0.5) is 0 Å². The lowest BCUT2D eigenvalue weighted by atomic mass is 10.0. The molecular formula is C10H19NO3. The molecule has 4 heteroatoms. The Labute approximate surface area is 85.0 Å². The Morgan fingerprint density at radius 2 is 2.43 bits per heavy atom. The van der Waals surface area contributed by atoms with Gasteiger partial charge in [0.1, 0.15) is 0 Å². The minimum atomic E-state index is -0.443. The van der Waals surface area contributed by atoms with Crippen molar-refractivity contribution in [2.75, 3.05) is 26.8 Å². The molecule has 0 amide bonds. The molecule has 14 heavy (non-hydrogen) atoms. The number of hydrogen-bond donors (Lipinski definition) is 1. The molecule has 0 spiro atoms. The van der Waals surface area contributed by atoms with Gasteiger partial charge in [-0.15, -0.1) is 0 Å². The minimum Gasteiger partial charge on any atom is -0.467 e. The van der Waals surface area contributed by atoms with E-state index in [2.05, 4.69) is 10.1 Å². The summed E-state index contributed by atoms with van der Waals surface area (Å²) in [6.45, 7) is 4.46. The molecule has 0 saturated carbocycles. The number of ether oxygens (including phenoxy) is 2. The van der Waals surface area contributed by atoms with Crippen molar-refractivity contribution >= 4 is 5.97 Å². The van der Waals surface area contributed by atoms with Crippen LogP contribution in [0, 0.1) is 5.92 Å². The van der Waals surface area contributed by atoms with Crippen molar-refractivity contribution < 1.29 is 14.3 Å². The van der Waals surface area contributed by atoms with Crippen molar-refractivity contribution in [1.29, 1.82) is 0 Å². The summed E-state index contributed by atoms with van der Waals surface area (Å²) in [7, 11) is 1.38. The standard InChI is InChI=1S/C10H19NO3/c1-8(10(12)13-2)14-7-9-4-3-5-11-6-9/h8-9,11H,3-7H2,1-2H3. The van der Waals surface area contributed by atoms with Crippen LogP contribution in [0.25, 0.3) is 0 Å². The number of esters is 1. The van der Waals surface area contributed by atoms with Crippen LogP contribution in [0.5, 0.6) is 0 Å². The van der Waals surface area contributed by atoms with Crippen molar-refractivity contribution in [3.8, 4) is 0 Å². The van der Waals surface area contributed by atoms with E-state index in [0.717, 1.165) is 13.1 Å². The summed E-state index contributed by atoms with van der Waals surface area (Å²) in [6, 6.07) is 0. The van der Waals surface area contributed by atoms with Crippen molar-refractivity contribution in [3.63, 3.8) is 0 Å². The second-order valence-corrected chi connectivity index (χ2v) is 3.71. The quantitative estimate of drug-likeness (QED) is 0.675. The first-order chi connectivity index (χ1) is 6.74. The predicted octanol–water partition coefficient (Wildman–Crippen LogP) is 0.564. The highest BCUT2D eigenvalue weighted by Crippen LogP contribution is 2.11. The lowest BCUT2D eigenvalue weighted by molar-refractivity contribution is -0.153. The topological polar surface area (TPSA) is 47.6 Å². The molecule has 1 aliphatic rings. The maximum absolute atomic E-state index is 11.0. The van der Waals surface area contributed by atoms with Gasteiger partial charge in [0.05, 0.1) is 13.7 Å². The summed E-state index contributed by atoms with van der Waals surface area (Å²) in [5, 5.41) is 3.31. The SMILES string of the molecule is COC(=O)C(C)OCC1CCCNC1. The lowest BCUT2D eigenvalue weighted by Crippen LogP contribution is -2.34. The molecule has 1 N–H and O–H groups in total. The Morgan fingerprint density at radius 3 is 3.00 bits per heavy atom. The van der Waals surface area contributed by atoms with Crippen LogP contribution in [0.1, 0.15) is 19.8 Å². The third-order valence-corrected chi connectivity index (χ3v) is 2.51. The van der Waals surface area contributed by atoms with E-state index < -0.39 is 6.10 Å². The Balaban J connectivity index is 2.15. The van der Waals surface area contributed by atoms with E-state index in [4.69, 9.17) is 4.74 Å². The highest BCUT2D eigenvalue weighted by Gasteiger charge is 2.18. The lowest BCUT2D eigenvalue weighted by Gasteiger charge is -2.23. The highest BCUT2D eigenvalue weighted by molar-refractivity contribution is 5.73. The van der Waals surface area contributed by atoms with Crippen LogP contribution in [0.2, 0.25) is 0 Å². The number of hydrogen-bond acceptors (Lipinski definition) is 4. The van der Waals surface area contributed by atoms with Crippen molar-refractivity contribution in [1.82, 2.24) is 5.32 Å². The zero-order valence-corrected chi connectivity index (χ0v) is 8.91. The average Bonchev–Trinajstić information content (AvgIpc) is 2.26. The zero-order chi connectivity index (χ0) is 10.4. The van der Waals surface area contributed by atoms with Gasteiger partial charge in [-0.1, -0.05) is 0 Å². The highest BCUT2D eigenvalue weighted by atomic mass is 16.6. The van der Waals surface area contributed by atoms with Gasteiger partial charge in [-0.2, -0.15) is 0 Å². The number of piperidine rings is 1. The Bertz CT molecular complexity index is 178. The molecule has 0 aromatic heterocycles. The average molecular weight is 201 g/mol. The van der Waals surface area contributed by atoms with E-state index >= 15 is 0 Å². The largest absolute Gasteiger partial charge is 0.467 e. The molecule has 1 rings (SSSR count). The molecular weight excluding hydrogens is 182 g/mol. The number of carbonyl (C=O) groups is 1. The Hall–Kier alpha value is -0.610. The van der Waals surface area contributed by atoms with Crippen LogP contribution in [0.15, 0.2) is 0 Å². The second kappa shape index (κ2) is 5.98. The first kappa shape index (κ1) is 11.5. The summed E-state index contributed by atoms with van der Waals surface area (Å²) in [5.74, 6) is 0.240. The normalized spacial score (nSPS) is 24.3. The molecule has 0 aromatic carbocycles. The summed E-state index contributed by atoms with van der Waals surface area (Å²) in [5.41, 5.74) is 0. The van der Waals surface area contributed by atoms with Crippen LogP contribution < -0.4 is 5.32 Å². The zero-order valence-electron chi connectivity index (χ0n) is 8.91. The molecule has 1 saturated heterocycles. The third kappa shape index (κ3) is 3.64. The van der Waals surface area contributed by atoms with Crippen molar-refractivity contribution in [2.24, 2.45) is 5.92 Å². The number of methoxy groups -OCH3 is 1. The smallest absolute Gasteiger partial charge is 0.334 e. The van der Waals surface area contributed by atoms with Gasteiger partial charge in [-0.05, 0) is 32.2 Å². The van der Waals surface area contributed by atoms with Gasteiger partial charge >= 0.3 is 5.97 Å². The van der Waals surface area contributed by atoms with Gasteiger partial charge in [0.25, 0.3) is 0 Å². The summed E-state index contributed by atoms with van der Waals surface area (Å²) >= 11 is 0. The fourth-order valence-electron chi connectivity index (χ4n) is 1.58. The molecule has 4 nitrogen and oxygen atoms in total. The van der Waals surface area contributed by atoms with Crippen LogP contribution >= 0.6 is 0 Å². The van der Waals surface area contributed by atoms with Gasteiger partial charge < -0.3 is 14.8 Å². The third-order valence-electron chi connectivity index (χ3n) is 2.51. The van der Waals surface area contributed by atoms with Gasteiger partial charge in [-0.3, -0.25) is 0 Å². The fourth-order valence-corrected chi connectivity index (χ4v) is 1.58. The fraction of sp³-hybridized carbons (Fsp3) is 0.900. The van der Waals surface area contributed by atoms with E-state index in [1.54, 1.807) is 6.92 Å². The van der Waals surface area contributed by atoms with Crippen LogP contribution in [-0.4, -0.2) is 38.9 Å². The van der Waals surface area contributed by atoms with E-state index in [1.807, 2.05) is 0 Å². The molecule has 0 bridgehead atoms. The van der Waals surface area contributed by atoms with E-state index in [0.29, 0.717) is 12.5 Å². The summed E-state index contributed by atoms with van der Waals surface area (Å²) < 4.78 is 9.99. The van der Waals surface area contributed by atoms with Crippen LogP contribution in [-0.2, 0) is 14.3 Å². The van der Waals surface area contributed by atoms with Gasteiger partial charge in [0.15, 0.2) is 6.10 Å². The summed E-state index contributed by atoms with van der Waals surface area (Å²) in [4.78, 5) is 11.0. The van der Waals surface area contributed by atoms with E-state index in [9.17, 15) is 4.79 Å².